The lowest BCUT2D eigenvalue weighted by molar-refractivity contribution is 0.0500. The molecule has 0 fully saturated rings. The van der Waals surface area contributed by atoms with E-state index in [0.717, 1.165) is 17.3 Å². The minimum Gasteiger partial charge on any atom is -0.462 e. The second kappa shape index (κ2) is 6.13. The number of carbonyl (C=O) groups is 1. The molecule has 0 unspecified atom stereocenters. The van der Waals surface area contributed by atoms with Crippen LogP contribution in [0.4, 0.5) is 0 Å². The topological polar surface area (TPSA) is 26.3 Å². The molecule has 0 aliphatic carbocycles. The van der Waals surface area contributed by atoms with Gasteiger partial charge in [-0.1, -0.05) is 40.9 Å². The van der Waals surface area contributed by atoms with E-state index >= 15 is 0 Å². The smallest absolute Gasteiger partial charge is 0.339 e. The number of rotatable bonds is 4. The molecule has 0 aliphatic rings. The number of esters is 1. The predicted molar refractivity (Wildman–Crippen MR) is 64.3 cm³/mol. The van der Waals surface area contributed by atoms with Crippen LogP contribution in [-0.4, -0.2) is 12.6 Å². The van der Waals surface area contributed by atoms with Gasteiger partial charge in [0.05, 0.1) is 17.2 Å². The van der Waals surface area contributed by atoms with E-state index in [4.69, 9.17) is 16.3 Å². The van der Waals surface area contributed by atoms with E-state index in [9.17, 15) is 4.79 Å². The maximum absolute atomic E-state index is 11.5. The van der Waals surface area contributed by atoms with E-state index in [-0.39, 0.29) is 5.97 Å². The Labute approximate surface area is 103 Å². The maximum Gasteiger partial charge on any atom is 0.339 e. The van der Waals surface area contributed by atoms with Crippen LogP contribution in [-0.2, 0) is 4.74 Å². The highest BCUT2D eigenvalue weighted by atomic mass is 79.9. The Morgan fingerprint density at radius 3 is 2.87 bits per heavy atom. The maximum atomic E-state index is 11.5. The van der Waals surface area contributed by atoms with E-state index < -0.39 is 0 Å². The Morgan fingerprint density at radius 1 is 1.53 bits per heavy atom. The van der Waals surface area contributed by atoms with Gasteiger partial charge in [-0.25, -0.2) is 4.79 Å². The Bertz CT molecular complexity index is 352. The van der Waals surface area contributed by atoms with Crippen molar-refractivity contribution in [3.63, 3.8) is 0 Å². The number of unbranched alkanes of at least 4 members (excludes halogenated alkanes) is 1. The first-order valence-electron chi connectivity index (χ1n) is 4.77. The fraction of sp³-hybridized carbons (Fsp3) is 0.364. The van der Waals surface area contributed by atoms with Crippen molar-refractivity contribution in [3.05, 3.63) is 33.3 Å². The fourth-order valence-electron chi connectivity index (χ4n) is 1.04. The lowest BCUT2D eigenvalue weighted by Gasteiger charge is -2.05. The van der Waals surface area contributed by atoms with Gasteiger partial charge in [-0.15, -0.1) is 0 Å². The van der Waals surface area contributed by atoms with Crippen LogP contribution in [0, 0.1) is 0 Å². The van der Waals surface area contributed by atoms with Crippen LogP contribution in [0.3, 0.4) is 0 Å². The molecule has 0 saturated heterocycles. The molecule has 1 rings (SSSR count). The first kappa shape index (κ1) is 12.5. The summed E-state index contributed by atoms with van der Waals surface area (Å²) in [5.74, 6) is -0.360. The van der Waals surface area contributed by atoms with E-state index in [1.54, 1.807) is 18.2 Å². The number of ether oxygens (including phenoxy) is 1. The zero-order chi connectivity index (χ0) is 11.3. The molecule has 0 radical (unpaired) electrons. The Morgan fingerprint density at radius 2 is 2.27 bits per heavy atom. The van der Waals surface area contributed by atoms with Crippen molar-refractivity contribution < 1.29 is 9.53 Å². The summed E-state index contributed by atoms with van der Waals surface area (Å²) < 4.78 is 5.90. The molecule has 2 nitrogen and oxygen atoms in total. The highest BCUT2D eigenvalue weighted by Gasteiger charge is 2.11. The van der Waals surface area contributed by atoms with E-state index in [1.165, 1.54) is 0 Å². The van der Waals surface area contributed by atoms with Gasteiger partial charge in [-0.2, -0.15) is 0 Å². The zero-order valence-corrected chi connectivity index (χ0v) is 10.8. The van der Waals surface area contributed by atoms with Gasteiger partial charge in [0.25, 0.3) is 0 Å². The molecule has 0 atom stereocenters. The van der Waals surface area contributed by atoms with Crippen LogP contribution < -0.4 is 0 Å². The Kier molecular flexibility index (Phi) is 5.12. The fourth-order valence-corrected chi connectivity index (χ4v) is 1.79. The second-order valence-corrected chi connectivity index (χ2v) is 4.44. The molecule has 0 aliphatic heterocycles. The predicted octanol–water partition coefficient (Wildman–Crippen LogP) is 4.06. The van der Waals surface area contributed by atoms with E-state index in [0.29, 0.717) is 17.2 Å². The summed E-state index contributed by atoms with van der Waals surface area (Å²) in [6, 6.07) is 5.10. The highest BCUT2D eigenvalue weighted by molar-refractivity contribution is 9.10. The van der Waals surface area contributed by atoms with Gasteiger partial charge in [0, 0.05) is 4.47 Å². The number of hydrogen-bond donors (Lipinski definition) is 0. The molecular weight excluding hydrogens is 279 g/mol. The van der Waals surface area contributed by atoms with E-state index in [2.05, 4.69) is 15.9 Å². The molecule has 0 bridgehead atoms. The van der Waals surface area contributed by atoms with Crippen molar-refractivity contribution in [1.29, 1.82) is 0 Å². The molecule has 15 heavy (non-hydrogen) atoms. The third-order valence-corrected chi connectivity index (χ3v) is 2.69. The monoisotopic (exact) mass is 290 g/mol. The summed E-state index contributed by atoms with van der Waals surface area (Å²) in [4.78, 5) is 11.5. The molecule has 0 spiro atoms. The Balaban J connectivity index is 2.65. The lowest BCUT2D eigenvalue weighted by Crippen LogP contribution is -2.06. The van der Waals surface area contributed by atoms with Crippen molar-refractivity contribution in [2.75, 3.05) is 6.61 Å². The number of benzene rings is 1. The molecule has 0 amide bonds. The third-order valence-electron chi connectivity index (χ3n) is 1.88. The molecule has 0 heterocycles. The van der Waals surface area contributed by atoms with Crippen molar-refractivity contribution in [2.45, 2.75) is 19.8 Å². The molecule has 0 saturated carbocycles. The van der Waals surface area contributed by atoms with Crippen LogP contribution in [0.1, 0.15) is 30.1 Å². The molecule has 1 aromatic carbocycles. The standard InChI is InChI=1S/C11H12BrClO2/c1-2-3-6-15-11(14)9-5-4-8(12)7-10(9)13/h4-5,7H,2-3,6H2,1H3. The Hall–Kier alpha value is -0.540. The highest BCUT2D eigenvalue weighted by Crippen LogP contribution is 2.21. The van der Waals surface area contributed by atoms with Crippen LogP contribution in [0.5, 0.6) is 0 Å². The van der Waals surface area contributed by atoms with Crippen molar-refractivity contribution >= 4 is 33.5 Å². The quantitative estimate of drug-likeness (QED) is 0.618. The van der Waals surface area contributed by atoms with Crippen LogP contribution >= 0.6 is 27.5 Å². The summed E-state index contributed by atoms with van der Waals surface area (Å²) in [5, 5.41) is 0.408. The normalized spacial score (nSPS) is 10.1. The minimum atomic E-state index is -0.360. The number of carbonyl (C=O) groups excluding carboxylic acids is 1. The van der Waals surface area contributed by atoms with Gasteiger partial charge in [0.15, 0.2) is 0 Å². The van der Waals surface area contributed by atoms with Gasteiger partial charge in [-0.3, -0.25) is 0 Å². The summed E-state index contributed by atoms with van der Waals surface area (Å²) >= 11 is 9.18. The van der Waals surface area contributed by atoms with Gasteiger partial charge < -0.3 is 4.74 Å². The molecule has 4 heteroatoms. The summed E-state index contributed by atoms with van der Waals surface area (Å²) in [6.07, 6.45) is 1.88. The second-order valence-electron chi connectivity index (χ2n) is 3.11. The number of halogens is 2. The lowest BCUT2D eigenvalue weighted by atomic mass is 10.2. The summed E-state index contributed by atoms with van der Waals surface area (Å²) in [5.41, 5.74) is 0.413. The molecular formula is C11H12BrClO2. The van der Waals surface area contributed by atoms with Crippen molar-refractivity contribution in [2.24, 2.45) is 0 Å². The van der Waals surface area contributed by atoms with Crippen molar-refractivity contribution in [3.8, 4) is 0 Å². The molecule has 0 N–H and O–H groups in total. The van der Waals surface area contributed by atoms with Crippen LogP contribution in [0.15, 0.2) is 22.7 Å². The van der Waals surface area contributed by atoms with Gasteiger partial charge in [0.1, 0.15) is 0 Å². The molecule has 0 aromatic heterocycles. The van der Waals surface area contributed by atoms with Gasteiger partial charge in [-0.05, 0) is 24.6 Å². The van der Waals surface area contributed by atoms with Gasteiger partial charge in [0.2, 0.25) is 0 Å². The largest absolute Gasteiger partial charge is 0.462 e. The van der Waals surface area contributed by atoms with Crippen molar-refractivity contribution in [1.82, 2.24) is 0 Å². The molecule has 82 valence electrons. The van der Waals surface area contributed by atoms with Crippen LogP contribution in [0.25, 0.3) is 0 Å². The SMILES string of the molecule is CCCCOC(=O)c1ccc(Br)cc1Cl. The third kappa shape index (κ3) is 3.84. The first-order valence-corrected chi connectivity index (χ1v) is 5.94. The summed E-state index contributed by atoms with van der Waals surface area (Å²) in [6.45, 7) is 2.49. The number of hydrogen-bond acceptors (Lipinski definition) is 2. The van der Waals surface area contributed by atoms with E-state index in [1.807, 2.05) is 6.92 Å². The zero-order valence-electron chi connectivity index (χ0n) is 8.43. The van der Waals surface area contributed by atoms with Crippen LogP contribution in [0.2, 0.25) is 5.02 Å². The first-order chi connectivity index (χ1) is 7.15. The summed E-state index contributed by atoms with van der Waals surface area (Å²) in [7, 11) is 0. The molecule has 1 aromatic rings. The average Bonchev–Trinajstić information content (AvgIpc) is 2.17. The van der Waals surface area contributed by atoms with Gasteiger partial charge >= 0.3 is 5.97 Å². The average molecular weight is 292 g/mol. The minimum absolute atomic E-state index is 0.360.